The first-order chi connectivity index (χ1) is 20.8. The molecule has 8 nitrogen and oxygen atoms in total. The number of nitrogens with zero attached hydrogens (tertiary/aromatic N) is 2. The number of halogens is 4. The van der Waals surface area contributed by atoms with E-state index in [0.29, 0.717) is 40.6 Å². The Kier molecular flexibility index (Phi) is 7.61. The summed E-state index contributed by atoms with van der Waals surface area (Å²) < 4.78 is 77.1. The van der Waals surface area contributed by atoms with Gasteiger partial charge in [-0.25, -0.2) is 8.42 Å². The third-order valence-electron chi connectivity index (χ3n) is 9.27. The first-order valence-corrected chi connectivity index (χ1v) is 16.1. The number of ether oxygens (including phenoxy) is 1. The Labute approximate surface area is 258 Å². The number of hydrogen-bond donors (Lipinski definition) is 2. The lowest BCUT2D eigenvalue weighted by Crippen LogP contribution is -2.56. The van der Waals surface area contributed by atoms with Crippen molar-refractivity contribution in [1.82, 2.24) is 10.3 Å². The summed E-state index contributed by atoms with van der Waals surface area (Å²) in [6, 6.07) is 13.4. The summed E-state index contributed by atoms with van der Waals surface area (Å²) in [5.41, 5.74) is -2.41. The van der Waals surface area contributed by atoms with E-state index in [9.17, 15) is 31.5 Å². The van der Waals surface area contributed by atoms with Gasteiger partial charge in [0.05, 0.1) is 41.0 Å². The van der Waals surface area contributed by atoms with E-state index in [-0.39, 0.29) is 35.8 Å². The molecule has 0 saturated heterocycles. The highest BCUT2D eigenvalue weighted by Gasteiger charge is 2.65. The van der Waals surface area contributed by atoms with Crippen molar-refractivity contribution in [3.8, 4) is 5.75 Å². The van der Waals surface area contributed by atoms with Gasteiger partial charge in [-0.15, -0.1) is 0 Å². The predicted octanol–water partition coefficient (Wildman–Crippen LogP) is 5.77. The number of sulfonamides is 1. The molecule has 2 N–H and O–H groups in total. The number of alkyl halides is 3. The number of fused-ring (bicyclic) bond motifs is 2. The maximum atomic E-state index is 14.4. The summed E-state index contributed by atoms with van der Waals surface area (Å²) in [5, 5.41) is 13.8. The molecule has 2 saturated carbocycles. The normalized spacial score (nSPS) is 25.1. The average molecular weight is 650 g/mol. The van der Waals surface area contributed by atoms with Gasteiger partial charge in [0.25, 0.3) is 15.9 Å². The maximum Gasteiger partial charge on any atom is 0.417 e. The fraction of sp³-hybridized carbons (Fsp3) is 0.419. The molecule has 0 radical (unpaired) electrons. The molecule has 2 fully saturated rings. The van der Waals surface area contributed by atoms with Crippen LogP contribution in [0, 0.1) is 5.92 Å². The number of amides is 1. The zero-order valence-corrected chi connectivity index (χ0v) is 25.3. The molecule has 3 aromatic rings. The van der Waals surface area contributed by atoms with Gasteiger partial charge in [-0.05, 0) is 92.5 Å². The van der Waals surface area contributed by atoms with Gasteiger partial charge in [-0.3, -0.25) is 14.1 Å². The minimum atomic E-state index is -4.83. The molecule has 1 aromatic heterocycles. The Morgan fingerprint density at radius 2 is 1.84 bits per heavy atom. The Bertz CT molecular complexity index is 1710. The second-order valence-corrected chi connectivity index (χ2v) is 14.0. The molecule has 6 rings (SSSR count). The van der Waals surface area contributed by atoms with E-state index in [2.05, 4.69) is 10.3 Å². The number of benzene rings is 2. The summed E-state index contributed by atoms with van der Waals surface area (Å²) in [7, 11) is -2.78. The smallest absolute Gasteiger partial charge is 0.417 e. The molecule has 2 aliphatic carbocycles. The van der Waals surface area contributed by atoms with Crippen LogP contribution in [0.3, 0.4) is 0 Å². The van der Waals surface area contributed by atoms with Crippen LogP contribution in [0.1, 0.15) is 60.1 Å². The van der Waals surface area contributed by atoms with Gasteiger partial charge >= 0.3 is 6.18 Å². The van der Waals surface area contributed by atoms with Crippen molar-refractivity contribution < 1.29 is 36.2 Å². The second-order valence-electron chi connectivity index (χ2n) is 11.8. The standard InChI is InChI=1S/C31H31ClF3N3O5S/c1-43-21-4-2-5-22(17-21)44(41,42)38-26-10-9-20(28(39)37-18-25-24(32)6-3-15-36-25)16-23(26)29(27(38)19-7-8-19)11-13-30(40,14-12-29)31(33,34)35/h2-6,9-10,15-17,19,27,40H,7-8,11-14,18H2,1H3,(H,37,39). The van der Waals surface area contributed by atoms with Crippen molar-refractivity contribution >= 4 is 33.2 Å². The molecule has 2 aromatic carbocycles. The van der Waals surface area contributed by atoms with Crippen molar-refractivity contribution in [1.29, 1.82) is 0 Å². The fourth-order valence-electron chi connectivity index (χ4n) is 6.78. The number of aliphatic hydroxyl groups is 1. The number of anilines is 1. The van der Waals surface area contributed by atoms with E-state index in [4.69, 9.17) is 16.3 Å². The summed E-state index contributed by atoms with van der Waals surface area (Å²) in [4.78, 5) is 17.5. The van der Waals surface area contributed by atoms with Crippen LogP contribution in [0.15, 0.2) is 65.7 Å². The van der Waals surface area contributed by atoms with Crippen molar-refractivity contribution in [3.63, 3.8) is 0 Å². The molecule has 3 aliphatic rings. The lowest BCUT2D eigenvalue weighted by Gasteiger charge is -2.47. The summed E-state index contributed by atoms with van der Waals surface area (Å²) >= 11 is 6.18. The number of nitrogens with one attached hydrogen (secondary N) is 1. The van der Waals surface area contributed by atoms with Crippen LogP contribution < -0.4 is 14.4 Å². The van der Waals surface area contributed by atoms with Gasteiger partial charge in [-0.2, -0.15) is 13.2 Å². The first kappa shape index (κ1) is 30.7. The Morgan fingerprint density at radius 3 is 2.48 bits per heavy atom. The van der Waals surface area contributed by atoms with Crippen LogP contribution >= 0.6 is 11.6 Å². The predicted molar refractivity (Wildman–Crippen MR) is 157 cm³/mol. The van der Waals surface area contributed by atoms with E-state index in [0.717, 1.165) is 0 Å². The van der Waals surface area contributed by atoms with Gasteiger partial charge < -0.3 is 15.2 Å². The molecule has 0 bridgehead atoms. The molecule has 1 atom stereocenters. The quantitative estimate of drug-likeness (QED) is 0.337. The van der Waals surface area contributed by atoms with Gasteiger partial charge in [0.15, 0.2) is 5.60 Å². The van der Waals surface area contributed by atoms with Gasteiger partial charge in [0.1, 0.15) is 5.75 Å². The van der Waals surface area contributed by atoms with Crippen molar-refractivity contribution in [2.45, 2.75) is 73.2 Å². The molecule has 1 aliphatic heterocycles. The van der Waals surface area contributed by atoms with Gasteiger partial charge in [0.2, 0.25) is 0 Å². The minimum Gasteiger partial charge on any atom is -0.497 e. The highest BCUT2D eigenvalue weighted by atomic mass is 35.5. The number of methoxy groups -OCH3 is 1. The zero-order chi connectivity index (χ0) is 31.5. The zero-order valence-electron chi connectivity index (χ0n) is 23.8. The highest BCUT2D eigenvalue weighted by Crippen LogP contribution is 2.62. The van der Waals surface area contributed by atoms with Crippen LogP contribution in [0.5, 0.6) is 5.75 Å². The number of aromatic nitrogens is 1. The van der Waals surface area contributed by atoms with E-state index in [1.54, 1.807) is 42.6 Å². The number of carbonyl (C=O) groups is 1. The van der Waals surface area contributed by atoms with E-state index < -0.39 is 52.0 Å². The summed E-state index contributed by atoms with van der Waals surface area (Å²) in [6.45, 7) is 0.0421. The van der Waals surface area contributed by atoms with E-state index in [1.807, 2.05) is 0 Å². The summed E-state index contributed by atoms with van der Waals surface area (Å²) in [5.74, 6) is -0.219. The largest absolute Gasteiger partial charge is 0.497 e. The highest BCUT2D eigenvalue weighted by molar-refractivity contribution is 7.93. The maximum absolute atomic E-state index is 14.4. The van der Waals surface area contributed by atoms with Crippen LogP contribution in [-0.4, -0.2) is 49.3 Å². The molecular weight excluding hydrogens is 619 g/mol. The Balaban J connectivity index is 1.44. The average Bonchev–Trinajstić information content (AvgIpc) is 3.80. The Hall–Kier alpha value is -3.35. The fourth-order valence-corrected chi connectivity index (χ4v) is 8.81. The molecule has 1 spiro atoms. The molecule has 234 valence electrons. The van der Waals surface area contributed by atoms with E-state index >= 15 is 0 Å². The first-order valence-electron chi connectivity index (χ1n) is 14.3. The molecule has 44 heavy (non-hydrogen) atoms. The number of rotatable bonds is 7. The number of hydrogen-bond acceptors (Lipinski definition) is 6. The molecule has 2 heterocycles. The van der Waals surface area contributed by atoms with Crippen molar-refractivity contribution in [2.24, 2.45) is 5.92 Å². The summed E-state index contributed by atoms with van der Waals surface area (Å²) in [6.07, 6.45) is -3.22. The van der Waals surface area contributed by atoms with Gasteiger partial charge in [-0.1, -0.05) is 17.7 Å². The van der Waals surface area contributed by atoms with Crippen LogP contribution in [0.4, 0.5) is 18.9 Å². The van der Waals surface area contributed by atoms with Gasteiger partial charge in [0, 0.05) is 23.2 Å². The lowest BCUT2D eigenvalue weighted by molar-refractivity contribution is -0.273. The van der Waals surface area contributed by atoms with Crippen molar-refractivity contribution in [2.75, 3.05) is 11.4 Å². The molecule has 13 heteroatoms. The molecule has 1 amide bonds. The van der Waals surface area contributed by atoms with E-state index in [1.165, 1.54) is 29.6 Å². The monoisotopic (exact) mass is 649 g/mol. The topological polar surface area (TPSA) is 109 Å². The number of carbonyl (C=O) groups excluding carboxylic acids is 1. The lowest BCUT2D eigenvalue weighted by atomic mass is 9.61. The van der Waals surface area contributed by atoms with Crippen LogP contribution in [-0.2, 0) is 22.0 Å². The third kappa shape index (κ3) is 5.10. The van der Waals surface area contributed by atoms with Crippen LogP contribution in [0.25, 0.3) is 0 Å². The van der Waals surface area contributed by atoms with Crippen LogP contribution in [0.2, 0.25) is 5.02 Å². The Morgan fingerprint density at radius 1 is 1.11 bits per heavy atom. The molecular formula is C31H31ClF3N3O5S. The SMILES string of the molecule is COc1cccc(S(=O)(=O)N2c3ccc(C(=O)NCc4ncccc4Cl)cc3C3(CCC(O)(C(F)(F)F)CC3)C2C2CC2)c1. The second kappa shape index (κ2) is 10.9. The third-order valence-corrected chi connectivity index (χ3v) is 11.4. The number of pyridine rings is 1. The van der Waals surface area contributed by atoms with Crippen molar-refractivity contribution in [3.05, 3.63) is 82.6 Å². The minimum absolute atomic E-state index is 0.0119. The molecule has 1 unspecified atom stereocenters.